The monoisotopic (exact) mass is 253 g/mol. The summed E-state index contributed by atoms with van der Waals surface area (Å²) in [5.74, 6) is 0.223. The molecule has 19 heavy (non-hydrogen) atoms. The molecule has 1 atom stereocenters. The molecule has 3 heteroatoms. The van der Waals surface area contributed by atoms with Crippen LogP contribution in [-0.2, 0) is 0 Å². The lowest BCUT2D eigenvalue weighted by molar-refractivity contribution is -0.385. The molecule has 0 heterocycles. The van der Waals surface area contributed by atoms with Crippen LogP contribution < -0.4 is 0 Å². The molecule has 2 aromatic carbocycles. The van der Waals surface area contributed by atoms with E-state index in [4.69, 9.17) is 0 Å². The first kappa shape index (κ1) is 13.0. The van der Waals surface area contributed by atoms with Crippen LogP contribution in [0.1, 0.15) is 24.0 Å². The molecule has 2 aromatic rings. The van der Waals surface area contributed by atoms with Crippen molar-refractivity contribution in [3.05, 3.63) is 81.9 Å². The zero-order valence-corrected chi connectivity index (χ0v) is 10.7. The van der Waals surface area contributed by atoms with Crippen LogP contribution in [0.3, 0.4) is 0 Å². The van der Waals surface area contributed by atoms with Gasteiger partial charge in [-0.2, -0.15) is 0 Å². The van der Waals surface area contributed by atoms with Gasteiger partial charge < -0.3 is 0 Å². The average Bonchev–Trinajstić information content (AvgIpc) is 2.46. The minimum atomic E-state index is -0.354. The second-order valence-electron chi connectivity index (χ2n) is 4.37. The van der Waals surface area contributed by atoms with Crippen molar-refractivity contribution in [1.29, 1.82) is 0 Å². The summed E-state index contributed by atoms with van der Waals surface area (Å²) in [6.45, 7) is 2.07. The molecular formula is C16H15NO2. The third-order valence-corrected chi connectivity index (χ3v) is 3.02. The topological polar surface area (TPSA) is 43.1 Å². The molecule has 0 bridgehead atoms. The fraction of sp³-hybridized carbons (Fsp3) is 0.125. The van der Waals surface area contributed by atoms with Crippen molar-refractivity contribution in [2.75, 3.05) is 0 Å². The summed E-state index contributed by atoms with van der Waals surface area (Å²) in [4.78, 5) is 10.6. The van der Waals surface area contributed by atoms with E-state index in [1.54, 1.807) is 18.2 Å². The lowest BCUT2D eigenvalue weighted by Gasteiger charge is -2.05. The Bertz CT molecular complexity index is 591. The van der Waals surface area contributed by atoms with Crippen molar-refractivity contribution in [3.63, 3.8) is 0 Å². The third-order valence-electron chi connectivity index (χ3n) is 3.02. The average molecular weight is 253 g/mol. The first-order chi connectivity index (χ1) is 9.18. The molecule has 96 valence electrons. The van der Waals surface area contributed by atoms with Crippen molar-refractivity contribution in [2.24, 2.45) is 0 Å². The van der Waals surface area contributed by atoms with Crippen LogP contribution in [0.25, 0.3) is 6.08 Å². The second-order valence-corrected chi connectivity index (χ2v) is 4.37. The third kappa shape index (κ3) is 3.28. The Hall–Kier alpha value is -2.42. The highest BCUT2D eigenvalue weighted by atomic mass is 16.6. The first-order valence-electron chi connectivity index (χ1n) is 6.15. The number of nitro groups is 1. The van der Waals surface area contributed by atoms with Gasteiger partial charge in [-0.15, -0.1) is 0 Å². The van der Waals surface area contributed by atoms with E-state index in [1.807, 2.05) is 30.4 Å². The standard InChI is InChI=1S/C16H15NO2/c1-13(14-7-3-2-4-8-14)11-12-15-9-5-6-10-16(15)17(18)19/h2-13H,1H3. The van der Waals surface area contributed by atoms with E-state index in [-0.39, 0.29) is 16.5 Å². The van der Waals surface area contributed by atoms with Gasteiger partial charge in [-0.1, -0.05) is 61.5 Å². The van der Waals surface area contributed by atoms with E-state index in [2.05, 4.69) is 19.1 Å². The zero-order valence-electron chi connectivity index (χ0n) is 10.7. The molecule has 0 amide bonds. The number of hydrogen-bond donors (Lipinski definition) is 0. The lowest BCUT2D eigenvalue weighted by Crippen LogP contribution is -1.91. The number of nitro benzene ring substituents is 1. The number of rotatable bonds is 4. The molecule has 0 aliphatic rings. The molecule has 0 aliphatic carbocycles. The highest BCUT2D eigenvalue weighted by Gasteiger charge is 2.09. The maximum absolute atomic E-state index is 10.9. The Morgan fingerprint density at radius 3 is 2.37 bits per heavy atom. The molecule has 0 spiro atoms. The molecule has 0 saturated heterocycles. The van der Waals surface area contributed by atoms with Crippen LogP contribution in [0, 0.1) is 10.1 Å². The largest absolute Gasteiger partial charge is 0.276 e. The second kappa shape index (κ2) is 5.96. The van der Waals surface area contributed by atoms with Crippen molar-refractivity contribution in [3.8, 4) is 0 Å². The number of para-hydroxylation sites is 1. The number of hydrogen-bond acceptors (Lipinski definition) is 2. The van der Waals surface area contributed by atoms with Crippen LogP contribution in [0.15, 0.2) is 60.7 Å². The summed E-state index contributed by atoms with van der Waals surface area (Å²) >= 11 is 0. The van der Waals surface area contributed by atoms with Crippen LogP contribution in [0.2, 0.25) is 0 Å². The molecular weight excluding hydrogens is 238 g/mol. The Balaban J connectivity index is 2.22. The van der Waals surface area contributed by atoms with Crippen LogP contribution >= 0.6 is 0 Å². The van der Waals surface area contributed by atoms with Crippen molar-refractivity contribution >= 4 is 11.8 Å². The molecule has 1 unspecified atom stereocenters. The van der Waals surface area contributed by atoms with E-state index in [0.29, 0.717) is 5.56 Å². The van der Waals surface area contributed by atoms with Crippen LogP contribution in [0.5, 0.6) is 0 Å². The molecule has 0 fully saturated rings. The molecule has 2 rings (SSSR count). The molecule has 3 nitrogen and oxygen atoms in total. The zero-order chi connectivity index (χ0) is 13.7. The summed E-state index contributed by atoms with van der Waals surface area (Å²) in [5.41, 5.74) is 1.96. The van der Waals surface area contributed by atoms with Gasteiger partial charge in [0, 0.05) is 6.07 Å². The number of allylic oxidation sites excluding steroid dienone is 1. The highest BCUT2D eigenvalue weighted by Crippen LogP contribution is 2.22. The number of nitrogens with zero attached hydrogens (tertiary/aromatic N) is 1. The predicted octanol–water partition coefficient (Wildman–Crippen LogP) is 4.41. The molecule has 0 N–H and O–H groups in total. The highest BCUT2D eigenvalue weighted by molar-refractivity contribution is 5.61. The van der Waals surface area contributed by atoms with Gasteiger partial charge in [0.2, 0.25) is 0 Å². The van der Waals surface area contributed by atoms with Crippen LogP contribution in [0.4, 0.5) is 5.69 Å². The van der Waals surface area contributed by atoms with Gasteiger partial charge >= 0.3 is 0 Å². The van der Waals surface area contributed by atoms with Gasteiger partial charge in [0.25, 0.3) is 5.69 Å². The summed E-state index contributed by atoms with van der Waals surface area (Å²) < 4.78 is 0. The van der Waals surface area contributed by atoms with E-state index in [9.17, 15) is 10.1 Å². The van der Waals surface area contributed by atoms with E-state index < -0.39 is 0 Å². The molecule has 0 aromatic heterocycles. The molecule has 0 saturated carbocycles. The summed E-state index contributed by atoms with van der Waals surface area (Å²) in [6.07, 6.45) is 3.80. The lowest BCUT2D eigenvalue weighted by atomic mass is 10.00. The van der Waals surface area contributed by atoms with Gasteiger partial charge in [-0.05, 0) is 17.5 Å². The van der Waals surface area contributed by atoms with E-state index in [1.165, 1.54) is 11.6 Å². The van der Waals surface area contributed by atoms with Gasteiger partial charge in [0.1, 0.15) is 0 Å². The number of benzene rings is 2. The molecule has 0 aliphatic heterocycles. The van der Waals surface area contributed by atoms with E-state index >= 15 is 0 Å². The SMILES string of the molecule is CC(C=Cc1ccccc1[N+](=O)[O-])c1ccccc1. The fourth-order valence-electron chi connectivity index (χ4n) is 1.91. The van der Waals surface area contributed by atoms with Gasteiger partial charge in [0.15, 0.2) is 0 Å². The quantitative estimate of drug-likeness (QED) is 0.598. The normalized spacial score (nSPS) is 12.5. The fourth-order valence-corrected chi connectivity index (χ4v) is 1.91. The van der Waals surface area contributed by atoms with Crippen molar-refractivity contribution < 1.29 is 4.92 Å². The van der Waals surface area contributed by atoms with Gasteiger partial charge in [-0.25, -0.2) is 0 Å². The van der Waals surface area contributed by atoms with Crippen LogP contribution in [-0.4, -0.2) is 4.92 Å². The predicted molar refractivity (Wildman–Crippen MR) is 77.0 cm³/mol. The molecule has 0 radical (unpaired) electrons. The summed E-state index contributed by atoms with van der Waals surface area (Å²) in [5, 5.41) is 10.9. The first-order valence-corrected chi connectivity index (χ1v) is 6.15. The van der Waals surface area contributed by atoms with Crippen molar-refractivity contribution in [1.82, 2.24) is 0 Å². The Kier molecular flexibility index (Phi) is 4.08. The summed E-state index contributed by atoms with van der Waals surface area (Å²) in [6, 6.07) is 16.8. The smallest absolute Gasteiger partial charge is 0.258 e. The Morgan fingerprint density at radius 1 is 1.05 bits per heavy atom. The van der Waals surface area contributed by atoms with E-state index in [0.717, 1.165) is 0 Å². The van der Waals surface area contributed by atoms with Crippen molar-refractivity contribution in [2.45, 2.75) is 12.8 Å². The van der Waals surface area contributed by atoms with Gasteiger partial charge in [-0.3, -0.25) is 10.1 Å². The minimum absolute atomic E-state index is 0.138. The summed E-state index contributed by atoms with van der Waals surface area (Å²) in [7, 11) is 0. The Labute approximate surface area is 112 Å². The Morgan fingerprint density at radius 2 is 1.68 bits per heavy atom. The maximum atomic E-state index is 10.9. The minimum Gasteiger partial charge on any atom is -0.258 e. The maximum Gasteiger partial charge on any atom is 0.276 e. The van der Waals surface area contributed by atoms with Gasteiger partial charge in [0.05, 0.1) is 10.5 Å².